The minimum Gasteiger partial charge on any atom is -0.462 e. The van der Waals surface area contributed by atoms with Gasteiger partial charge in [-0.25, -0.2) is 4.57 Å². The molecule has 370 valence electrons. The van der Waals surface area contributed by atoms with E-state index in [-0.39, 0.29) is 12.8 Å². The molecule has 1 rings (SSSR count). The Bertz CT molecular complexity index is 1200. The summed E-state index contributed by atoms with van der Waals surface area (Å²) in [7, 11) is -5.12. The van der Waals surface area contributed by atoms with Crippen molar-refractivity contribution in [3.63, 3.8) is 0 Å². The molecule has 63 heavy (non-hydrogen) atoms. The molecular formula is C49H91O13P. The fourth-order valence-electron chi connectivity index (χ4n) is 7.73. The molecule has 0 aromatic rings. The Kier molecular flexibility index (Phi) is 37.2. The van der Waals surface area contributed by atoms with Crippen molar-refractivity contribution < 1.29 is 63.1 Å². The Morgan fingerprint density at radius 1 is 0.492 bits per heavy atom. The number of rotatable bonds is 42. The number of carbonyl (C=O) groups excluding carboxylic acids is 2. The predicted octanol–water partition coefficient (Wildman–Crippen LogP) is 10.4. The molecule has 6 unspecified atom stereocenters. The van der Waals surface area contributed by atoms with Crippen LogP contribution in [0.5, 0.6) is 0 Å². The maximum absolute atomic E-state index is 12.8. The third kappa shape index (κ3) is 31.8. The van der Waals surface area contributed by atoms with E-state index in [1.807, 2.05) is 0 Å². The summed E-state index contributed by atoms with van der Waals surface area (Å²) in [6.45, 7) is 3.30. The lowest BCUT2D eigenvalue weighted by Gasteiger charge is -2.41. The molecular weight excluding hydrogens is 828 g/mol. The van der Waals surface area contributed by atoms with E-state index in [0.29, 0.717) is 12.8 Å². The fraction of sp³-hybridized carbons (Fsp3) is 0.878. The maximum Gasteiger partial charge on any atom is 0.472 e. The van der Waals surface area contributed by atoms with Crippen LogP contribution in [0.1, 0.15) is 219 Å². The zero-order chi connectivity index (χ0) is 46.4. The number of ether oxygens (including phenoxy) is 2. The van der Waals surface area contributed by atoms with E-state index in [9.17, 15) is 44.6 Å². The number of esters is 2. The van der Waals surface area contributed by atoms with E-state index in [1.165, 1.54) is 122 Å². The van der Waals surface area contributed by atoms with Gasteiger partial charge in [-0.15, -0.1) is 0 Å². The Hall–Kier alpha value is -1.67. The number of unbranched alkanes of at least 4 members (excludes halogenated alkanes) is 26. The summed E-state index contributed by atoms with van der Waals surface area (Å²) in [4.78, 5) is 35.8. The summed E-state index contributed by atoms with van der Waals surface area (Å²) >= 11 is 0. The smallest absolute Gasteiger partial charge is 0.462 e. The average molecular weight is 919 g/mol. The SMILES string of the molecule is CCCCC/C=C\C/C=C\CCCCCCCCCCCC(=O)O[C@H](COC(=O)CCCCCCCCCCCCCCCCC)COP(=O)(O)OC1C(O)C(O)C(O)[C@@H](O)C1O. The van der Waals surface area contributed by atoms with Crippen LogP contribution in [0, 0.1) is 0 Å². The Balaban J connectivity index is 2.41. The minimum atomic E-state index is -5.12. The normalized spacial score (nSPS) is 21.8. The number of hydrogen-bond acceptors (Lipinski definition) is 12. The minimum absolute atomic E-state index is 0.0948. The van der Waals surface area contributed by atoms with Crippen molar-refractivity contribution in [2.75, 3.05) is 13.2 Å². The lowest BCUT2D eigenvalue weighted by Crippen LogP contribution is -2.64. The van der Waals surface area contributed by atoms with Gasteiger partial charge in [-0.2, -0.15) is 0 Å². The predicted molar refractivity (Wildman–Crippen MR) is 249 cm³/mol. The number of phosphoric ester groups is 1. The zero-order valence-corrected chi connectivity index (χ0v) is 40.3. The highest BCUT2D eigenvalue weighted by Crippen LogP contribution is 2.47. The van der Waals surface area contributed by atoms with Crippen LogP contribution in [0.15, 0.2) is 24.3 Å². The first-order valence-corrected chi connectivity index (χ1v) is 26.6. The van der Waals surface area contributed by atoms with Gasteiger partial charge in [0.15, 0.2) is 6.10 Å². The highest BCUT2D eigenvalue weighted by molar-refractivity contribution is 7.47. The van der Waals surface area contributed by atoms with E-state index in [1.54, 1.807) is 0 Å². The summed E-state index contributed by atoms with van der Waals surface area (Å²) in [6.07, 6.45) is 30.8. The van der Waals surface area contributed by atoms with Gasteiger partial charge in [-0.05, 0) is 44.9 Å². The molecule has 1 fully saturated rings. The molecule has 0 amide bonds. The number of carbonyl (C=O) groups is 2. The van der Waals surface area contributed by atoms with Crippen LogP contribution in [0.4, 0.5) is 0 Å². The zero-order valence-electron chi connectivity index (χ0n) is 39.4. The van der Waals surface area contributed by atoms with Gasteiger partial charge in [0, 0.05) is 12.8 Å². The van der Waals surface area contributed by atoms with Crippen molar-refractivity contribution >= 4 is 19.8 Å². The molecule has 14 heteroatoms. The van der Waals surface area contributed by atoms with Crippen molar-refractivity contribution in [1.29, 1.82) is 0 Å². The van der Waals surface area contributed by atoms with Crippen molar-refractivity contribution in [2.45, 2.75) is 262 Å². The highest BCUT2D eigenvalue weighted by Gasteiger charge is 2.51. The molecule has 1 aliphatic rings. The molecule has 0 spiro atoms. The van der Waals surface area contributed by atoms with Crippen LogP contribution in [0.25, 0.3) is 0 Å². The first-order valence-electron chi connectivity index (χ1n) is 25.1. The van der Waals surface area contributed by atoms with E-state index in [4.69, 9.17) is 18.5 Å². The van der Waals surface area contributed by atoms with Gasteiger partial charge in [-0.1, -0.05) is 186 Å². The molecule has 0 aromatic heterocycles. The third-order valence-corrected chi connectivity index (χ3v) is 12.8. The van der Waals surface area contributed by atoms with E-state index < -0.39 is 75.7 Å². The Morgan fingerprint density at radius 2 is 0.857 bits per heavy atom. The van der Waals surface area contributed by atoms with Crippen LogP contribution >= 0.6 is 7.82 Å². The summed E-state index contributed by atoms with van der Waals surface area (Å²) in [5.41, 5.74) is 0. The van der Waals surface area contributed by atoms with Crippen LogP contribution in [0.2, 0.25) is 0 Å². The maximum atomic E-state index is 12.8. The van der Waals surface area contributed by atoms with Crippen LogP contribution in [0.3, 0.4) is 0 Å². The summed E-state index contributed by atoms with van der Waals surface area (Å²) in [5, 5.41) is 50.2. The quantitative estimate of drug-likeness (QED) is 0.0146. The largest absolute Gasteiger partial charge is 0.472 e. The van der Waals surface area contributed by atoms with E-state index in [2.05, 4.69) is 38.2 Å². The van der Waals surface area contributed by atoms with Crippen LogP contribution in [-0.2, 0) is 32.7 Å². The van der Waals surface area contributed by atoms with Gasteiger partial charge >= 0.3 is 19.8 Å². The van der Waals surface area contributed by atoms with Crippen LogP contribution < -0.4 is 0 Å². The van der Waals surface area contributed by atoms with Crippen molar-refractivity contribution in [3.05, 3.63) is 24.3 Å². The molecule has 1 aliphatic carbocycles. The molecule has 0 saturated heterocycles. The monoisotopic (exact) mass is 919 g/mol. The van der Waals surface area contributed by atoms with Gasteiger partial charge < -0.3 is 39.9 Å². The average Bonchev–Trinajstić information content (AvgIpc) is 3.26. The second kappa shape index (κ2) is 39.5. The molecule has 13 nitrogen and oxygen atoms in total. The first kappa shape index (κ1) is 59.3. The topological polar surface area (TPSA) is 210 Å². The summed E-state index contributed by atoms with van der Waals surface area (Å²) in [6, 6.07) is 0. The number of hydrogen-bond donors (Lipinski definition) is 6. The van der Waals surface area contributed by atoms with Gasteiger partial charge in [0.1, 0.15) is 43.2 Å². The van der Waals surface area contributed by atoms with Crippen LogP contribution in [-0.4, -0.2) is 98.3 Å². The number of aliphatic hydroxyl groups excluding tert-OH is 5. The van der Waals surface area contributed by atoms with Crippen molar-refractivity contribution in [2.24, 2.45) is 0 Å². The first-order chi connectivity index (χ1) is 30.4. The molecule has 0 aliphatic heterocycles. The van der Waals surface area contributed by atoms with E-state index >= 15 is 0 Å². The second-order valence-corrected chi connectivity index (χ2v) is 19.1. The summed E-state index contributed by atoms with van der Waals surface area (Å²) < 4.78 is 33.6. The Morgan fingerprint density at radius 3 is 1.32 bits per heavy atom. The molecule has 0 radical (unpaired) electrons. The second-order valence-electron chi connectivity index (χ2n) is 17.7. The molecule has 0 heterocycles. The molecule has 0 aromatic carbocycles. The molecule has 6 N–H and O–H groups in total. The van der Waals surface area contributed by atoms with Crippen molar-refractivity contribution in [3.8, 4) is 0 Å². The van der Waals surface area contributed by atoms with Gasteiger partial charge in [0.25, 0.3) is 0 Å². The number of allylic oxidation sites excluding steroid dienone is 4. The van der Waals surface area contributed by atoms with E-state index in [0.717, 1.165) is 57.8 Å². The van der Waals surface area contributed by atoms with Crippen molar-refractivity contribution in [1.82, 2.24) is 0 Å². The van der Waals surface area contributed by atoms with Gasteiger partial charge in [-0.3, -0.25) is 18.6 Å². The standard InChI is InChI=1S/C49H91O13P/c1-3-5-7-9-11-13-15-17-19-20-21-22-24-26-28-30-32-34-36-38-43(51)61-41(40-60-63(57,58)62-49-47(55)45(53)44(52)46(54)48(49)56)39-59-42(50)37-35-33-31-29-27-25-23-18-16-14-12-10-8-6-4-2/h11,13,17,19,41,44-49,52-56H,3-10,12,14-16,18,20-40H2,1-2H3,(H,57,58)/b13-11-,19-17-/t41-,44?,45-,46?,47?,48?,49?/m1/s1. The lowest BCUT2D eigenvalue weighted by atomic mass is 9.85. The van der Waals surface area contributed by atoms with Gasteiger partial charge in [0.2, 0.25) is 0 Å². The summed E-state index contributed by atoms with van der Waals surface area (Å²) in [5.74, 6) is -1.09. The number of phosphoric acid groups is 1. The molecule has 1 saturated carbocycles. The molecule has 0 bridgehead atoms. The molecule has 8 atom stereocenters. The lowest BCUT2D eigenvalue weighted by molar-refractivity contribution is -0.220. The number of aliphatic hydroxyl groups is 5. The Labute approximate surface area is 381 Å². The van der Waals surface area contributed by atoms with Gasteiger partial charge in [0.05, 0.1) is 6.61 Å². The third-order valence-electron chi connectivity index (χ3n) is 11.8. The fourth-order valence-corrected chi connectivity index (χ4v) is 8.70. The highest BCUT2D eigenvalue weighted by atomic mass is 31.2.